The average molecular weight is 345 g/mol. The first-order valence-electron chi connectivity index (χ1n) is 8.10. The van der Waals surface area contributed by atoms with Crippen molar-refractivity contribution in [1.82, 2.24) is 16.0 Å². The van der Waals surface area contributed by atoms with Crippen molar-refractivity contribution in [2.24, 2.45) is 0 Å². The van der Waals surface area contributed by atoms with Gasteiger partial charge in [-0.15, -0.1) is 0 Å². The first-order chi connectivity index (χ1) is 11.4. The van der Waals surface area contributed by atoms with Crippen LogP contribution in [0.2, 0.25) is 0 Å². The van der Waals surface area contributed by atoms with Gasteiger partial charge in [0.1, 0.15) is 6.04 Å². The molecule has 0 aliphatic carbocycles. The van der Waals surface area contributed by atoms with E-state index in [1.165, 1.54) is 0 Å². The van der Waals surface area contributed by atoms with Crippen LogP contribution in [-0.2, 0) is 19.1 Å². The van der Waals surface area contributed by atoms with Crippen LogP contribution in [0.25, 0.3) is 0 Å². The summed E-state index contributed by atoms with van der Waals surface area (Å²) in [6, 6.07) is -1.26. The summed E-state index contributed by atoms with van der Waals surface area (Å²) in [6.45, 7) is 4.38. The Morgan fingerprint density at radius 3 is 2.08 bits per heavy atom. The first-order valence-corrected chi connectivity index (χ1v) is 8.10. The molecule has 4 N–H and O–H groups in total. The highest BCUT2D eigenvalue weighted by atomic mass is 16.5. The number of aliphatic carboxylic acids is 1. The number of urea groups is 1. The molecule has 0 fully saturated rings. The number of carboxylic acids is 1. The van der Waals surface area contributed by atoms with Crippen molar-refractivity contribution < 1.29 is 29.0 Å². The summed E-state index contributed by atoms with van der Waals surface area (Å²) in [6.07, 6.45) is 1.58. The Labute approximate surface area is 141 Å². The highest BCUT2D eigenvalue weighted by Gasteiger charge is 2.16. The molecule has 1 atom stereocenters. The monoisotopic (exact) mass is 345 g/mol. The number of esters is 1. The van der Waals surface area contributed by atoms with E-state index in [9.17, 15) is 19.2 Å². The summed E-state index contributed by atoms with van der Waals surface area (Å²) in [5.41, 5.74) is 0. The molecule has 138 valence electrons. The zero-order valence-electron chi connectivity index (χ0n) is 14.2. The summed E-state index contributed by atoms with van der Waals surface area (Å²) < 4.78 is 4.76. The number of hydrogen-bond acceptors (Lipinski definition) is 5. The maximum atomic E-state index is 11.5. The minimum Gasteiger partial charge on any atom is -0.480 e. The number of hydrogen-bond donors (Lipinski definition) is 4. The van der Waals surface area contributed by atoms with E-state index in [-0.39, 0.29) is 30.7 Å². The molecule has 0 saturated carbocycles. The molecule has 0 aromatic heterocycles. The summed E-state index contributed by atoms with van der Waals surface area (Å²) in [5, 5.41) is 16.4. The highest BCUT2D eigenvalue weighted by molar-refractivity contribution is 5.83. The third-order valence-electron chi connectivity index (χ3n) is 3.06. The van der Waals surface area contributed by atoms with Gasteiger partial charge in [-0.2, -0.15) is 0 Å². The van der Waals surface area contributed by atoms with Gasteiger partial charge >= 0.3 is 18.0 Å². The van der Waals surface area contributed by atoms with E-state index in [0.29, 0.717) is 39.0 Å². The van der Waals surface area contributed by atoms with E-state index in [0.717, 1.165) is 0 Å². The fourth-order valence-electron chi connectivity index (χ4n) is 1.79. The number of rotatable bonds is 12. The van der Waals surface area contributed by atoms with Gasteiger partial charge in [0.2, 0.25) is 5.91 Å². The van der Waals surface area contributed by atoms with Gasteiger partial charge < -0.3 is 25.8 Å². The van der Waals surface area contributed by atoms with E-state index < -0.39 is 12.0 Å². The Bertz CT molecular complexity index is 427. The maximum absolute atomic E-state index is 11.5. The van der Waals surface area contributed by atoms with E-state index in [1.807, 2.05) is 0 Å². The van der Waals surface area contributed by atoms with Gasteiger partial charge in [-0.05, 0) is 26.2 Å². The summed E-state index contributed by atoms with van der Waals surface area (Å²) in [4.78, 5) is 44.9. The van der Waals surface area contributed by atoms with Crippen LogP contribution in [0.15, 0.2) is 0 Å². The molecule has 0 bridgehead atoms. The van der Waals surface area contributed by atoms with Crippen molar-refractivity contribution in [2.75, 3.05) is 19.7 Å². The van der Waals surface area contributed by atoms with Gasteiger partial charge in [-0.1, -0.05) is 6.92 Å². The number of carbonyl (C=O) groups excluding carboxylic acids is 3. The quantitative estimate of drug-likeness (QED) is 0.299. The van der Waals surface area contributed by atoms with Crippen molar-refractivity contribution in [2.45, 2.75) is 52.0 Å². The standard InChI is InChI=1S/C15H27N3O6/c1-3-11(14(21)22)18-12(19)7-5-9-16-15(23)17-10-6-8-13(20)24-4-2/h11H,3-10H2,1-2H3,(H,18,19)(H,21,22)(H2,16,17,23). The molecule has 0 aromatic rings. The maximum Gasteiger partial charge on any atom is 0.326 e. The van der Waals surface area contributed by atoms with Gasteiger partial charge in [-0.3, -0.25) is 9.59 Å². The molecule has 9 heteroatoms. The zero-order valence-corrected chi connectivity index (χ0v) is 14.2. The summed E-state index contributed by atoms with van der Waals surface area (Å²) in [5.74, 6) is -1.72. The largest absolute Gasteiger partial charge is 0.480 e. The van der Waals surface area contributed by atoms with Crippen LogP contribution in [0, 0.1) is 0 Å². The van der Waals surface area contributed by atoms with Crippen molar-refractivity contribution in [3.05, 3.63) is 0 Å². The minimum atomic E-state index is -1.06. The molecule has 0 rings (SSSR count). The molecule has 0 aromatic carbocycles. The molecule has 9 nitrogen and oxygen atoms in total. The van der Waals surface area contributed by atoms with Gasteiger partial charge in [0.25, 0.3) is 0 Å². The summed E-state index contributed by atoms with van der Waals surface area (Å²) >= 11 is 0. The Morgan fingerprint density at radius 2 is 1.58 bits per heavy atom. The van der Waals surface area contributed by atoms with Crippen molar-refractivity contribution in [1.29, 1.82) is 0 Å². The van der Waals surface area contributed by atoms with Crippen LogP contribution in [0.3, 0.4) is 0 Å². The van der Waals surface area contributed by atoms with E-state index in [2.05, 4.69) is 16.0 Å². The van der Waals surface area contributed by atoms with Crippen LogP contribution in [0.4, 0.5) is 4.79 Å². The third-order valence-corrected chi connectivity index (χ3v) is 3.06. The molecule has 0 spiro atoms. The molecule has 0 radical (unpaired) electrons. The number of amides is 3. The second kappa shape index (κ2) is 13.1. The van der Waals surface area contributed by atoms with E-state index in [4.69, 9.17) is 9.84 Å². The molecule has 1 unspecified atom stereocenters. The molecular formula is C15H27N3O6. The predicted molar refractivity (Wildman–Crippen MR) is 86.4 cm³/mol. The van der Waals surface area contributed by atoms with Crippen LogP contribution in [0.5, 0.6) is 0 Å². The lowest BCUT2D eigenvalue weighted by Gasteiger charge is -2.12. The number of carboxylic acid groups (broad SMARTS) is 1. The van der Waals surface area contributed by atoms with Crippen molar-refractivity contribution in [3.8, 4) is 0 Å². The number of ether oxygens (including phenoxy) is 1. The normalized spacial score (nSPS) is 11.2. The molecule has 24 heavy (non-hydrogen) atoms. The zero-order chi connectivity index (χ0) is 18.4. The van der Waals surface area contributed by atoms with Crippen LogP contribution < -0.4 is 16.0 Å². The Morgan fingerprint density at radius 1 is 1.00 bits per heavy atom. The number of carbonyl (C=O) groups is 4. The molecule has 0 heterocycles. The number of nitrogens with one attached hydrogen (secondary N) is 3. The first kappa shape index (κ1) is 21.7. The lowest BCUT2D eigenvalue weighted by atomic mass is 10.2. The molecule has 0 saturated heterocycles. The molecule has 0 aliphatic rings. The fraction of sp³-hybridized carbons (Fsp3) is 0.733. The predicted octanol–water partition coefficient (Wildman–Crippen LogP) is 0.389. The Hall–Kier alpha value is -2.32. The third kappa shape index (κ3) is 11.3. The molecule has 0 aliphatic heterocycles. The molecular weight excluding hydrogens is 318 g/mol. The molecule has 3 amide bonds. The highest BCUT2D eigenvalue weighted by Crippen LogP contribution is 1.95. The van der Waals surface area contributed by atoms with Crippen LogP contribution >= 0.6 is 0 Å². The average Bonchev–Trinajstić information content (AvgIpc) is 2.53. The van der Waals surface area contributed by atoms with Gasteiger partial charge in [-0.25, -0.2) is 9.59 Å². The second-order valence-corrected chi connectivity index (χ2v) is 5.06. The minimum absolute atomic E-state index is 0.132. The summed E-state index contributed by atoms with van der Waals surface area (Å²) in [7, 11) is 0. The Balaban J connectivity index is 3.66. The fourth-order valence-corrected chi connectivity index (χ4v) is 1.79. The van der Waals surface area contributed by atoms with E-state index in [1.54, 1.807) is 13.8 Å². The van der Waals surface area contributed by atoms with Crippen molar-refractivity contribution >= 4 is 23.9 Å². The van der Waals surface area contributed by atoms with Gasteiger partial charge in [0, 0.05) is 25.9 Å². The van der Waals surface area contributed by atoms with Gasteiger partial charge in [0.05, 0.1) is 6.61 Å². The van der Waals surface area contributed by atoms with Gasteiger partial charge in [0.15, 0.2) is 0 Å². The lowest BCUT2D eigenvalue weighted by molar-refractivity contribution is -0.143. The second-order valence-electron chi connectivity index (χ2n) is 5.06. The van der Waals surface area contributed by atoms with Crippen LogP contribution in [-0.4, -0.2) is 54.7 Å². The van der Waals surface area contributed by atoms with Crippen molar-refractivity contribution in [3.63, 3.8) is 0 Å². The Kier molecular flexibility index (Phi) is 11.9. The smallest absolute Gasteiger partial charge is 0.326 e. The van der Waals surface area contributed by atoms with E-state index >= 15 is 0 Å². The van der Waals surface area contributed by atoms with Crippen LogP contribution in [0.1, 0.15) is 46.0 Å². The SMILES string of the molecule is CCOC(=O)CCCNC(=O)NCCCC(=O)NC(CC)C(=O)O. The topological polar surface area (TPSA) is 134 Å². The lowest BCUT2D eigenvalue weighted by Crippen LogP contribution is -2.41.